The summed E-state index contributed by atoms with van der Waals surface area (Å²) in [4.78, 5) is 20.7. The monoisotopic (exact) mass is 499 g/mol. The van der Waals surface area contributed by atoms with Gasteiger partial charge in [0.1, 0.15) is 35.8 Å². The summed E-state index contributed by atoms with van der Waals surface area (Å²) in [7, 11) is 0. The fourth-order valence-corrected chi connectivity index (χ4v) is 4.14. The molecule has 4 aromatic rings. The van der Waals surface area contributed by atoms with Crippen molar-refractivity contribution in [2.24, 2.45) is 0 Å². The van der Waals surface area contributed by atoms with Crippen molar-refractivity contribution in [1.82, 2.24) is 25.1 Å². The average Bonchev–Trinajstić information content (AvgIpc) is 3.23. The van der Waals surface area contributed by atoms with E-state index < -0.39 is 23.9 Å². The Balaban J connectivity index is 1.71. The molecule has 1 unspecified atom stereocenters. The Kier molecular flexibility index (Phi) is 6.98. The molecule has 35 heavy (non-hydrogen) atoms. The van der Waals surface area contributed by atoms with Crippen LogP contribution in [0.5, 0.6) is 5.75 Å². The van der Waals surface area contributed by atoms with Crippen LogP contribution in [0.2, 0.25) is 5.02 Å². The zero-order valence-corrected chi connectivity index (χ0v) is 20.4. The molecule has 7 nitrogen and oxygen atoms in total. The van der Waals surface area contributed by atoms with Crippen LogP contribution in [0.15, 0.2) is 42.7 Å². The van der Waals surface area contributed by atoms with Crippen LogP contribution >= 0.6 is 11.6 Å². The molecule has 0 spiro atoms. The molecule has 0 saturated carbocycles. The molecule has 2 aromatic carbocycles. The van der Waals surface area contributed by atoms with Gasteiger partial charge >= 0.3 is 0 Å². The molecule has 1 N–H and O–H groups in total. The van der Waals surface area contributed by atoms with E-state index in [9.17, 15) is 13.6 Å². The second-order valence-corrected chi connectivity index (χ2v) is 8.65. The van der Waals surface area contributed by atoms with Crippen LogP contribution in [0, 0.1) is 19.7 Å². The number of nitrogens with one attached hydrogen (secondary N) is 1. The van der Waals surface area contributed by atoms with Gasteiger partial charge < -0.3 is 10.1 Å². The third-order valence-electron chi connectivity index (χ3n) is 5.61. The zero-order chi connectivity index (χ0) is 25.3. The predicted octanol–water partition coefficient (Wildman–Crippen LogP) is 5.34. The molecule has 0 fully saturated rings. The van der Waals surface area contributed by atoms with Crippen molar-refractivity contribution in [3.8, 4) is 11.4 Å². The Hall–Kier alpha value is -3.59. The molecule has 2 heterocycles. The summed E-state index contributed by atoms with van der Waals surface area (Å²) in [6, 6.07) is 9.18. The number of aromatic nitrogens is 4. The summed E-state index contributed by atoms with van der Waals surface area (Å²) < 4.78 is 35.4. The smallest absolute Gasteiger partial charge is 0.254 e. The molecular formula is C25H24ClF2N5O2. The van der Waals surface area contributed by atoms with Crippen LogP contribution < -0.4 is 10.1 Å². The quantitative estimate of drug-likeness (QED) is 0.371. The number of nitrogens with zero attached hydrogens (tertiary/aromatic N) is 4. The van der Waals surface area contributed by atoms with Gasteiger partial charge in [0.25, 0.3) is 5.91 Å². The number of carbonyl (C=O) groups is 1. The normalized spacial score (nSPS) is 13.0. The highest BCUT2D eigenvalue weighted by Gasteiger charge is 2.21. The van der Waals surface area contributed by atoms with E-state index in [1.54, 1.807) is 17.7 Å². The largest absolute Gasteiger partial charge is 0.487 e. The highest BCUT2D eigenvalue weighted by atomic mass is 35.5. The molecule has 4 rings (SSSR count). The summed E-state index contributed by atoms with van der Waals surface area (Å²) in [6.07, 6.45) is -0.215. The molecule has 182 valence electrons. The molecule has 0 aliphatic heterocycles. The highest BCUT2D eigenvalue weighted by molar-refractivity contribution is 6.31. The van der Waals surface area contributed by atoms with Crippen molar-refractivity contribution in [3.05, 3.63) is 76.2 Å². The van der Waals surface area contributed by atoms with Gasteiger partial charge in [-0.1, -0.05) is 23.7 Å². The first-order valence-corrected chi connectivity index (χ1v) is 11.4. The van der Waals surface area contributed by atoms with E-state index in [0.29, 0.717) is 22.4 Å². The number of amides is 1. The van der Waals surface area contributed by atoms with Gasteiger partial charge in [-0.2, -0.15) is 5.10 Å². The lowest BCUT2D eigenvalue weighted by molar-refractivity contribution is -0.126. The highest BCUT2D eigenvalue weighted by Crippen LogP contribution is 2.32. The maximum absolute atomic E-state index is 14.2. The lowest BCUT2D eigenvalue weighted by atomic mass is 10.0. The third kappa shape index (κ3) is 5.09. The number of alkyl halides is 1. The first kappa shape index (κ1) is 24.5. The number of hydrogen-bond donors (Lipinski definition) is 1. The van der Waals surface area contributed by atoms with Gasteiger partial charge in [-0.05, 0) is 57.5 Å². The molecule has 10 heteroatoms. The Morgan fingerprint density at radius 1 is 1.23 bits per heavy atom. The molecule has 0 radical (unpaired) electrons. The Morgan fingerprint density at radius 3 is 2.69 bits per heavy atom. The fourth-order valence-electron chi connectivity index (χ4n) is 3.87. The van der Waals surface area contributed by atoms with E-state index in [-0.39, 0.29) is 11.6 Å². The summed E-state index contributed by atoms with van der Waals surface area (Å²) >= 11 is 6.36. The molecule has 1 amide bonds. The van der Waals surface area contributed by atoms with Crippen molar-refractivity contribution >= 4 is 28.4 Å². The van der Waals surface area contributed by atoms with Crippen LogP contribution in [0.3, 0.4) is 0 Å². The van der Waals surface area contributed by atoms with Crippen molar-refractivity contribution in [2.75, 3.05) is 0 Å². The minimum absolute atomic E-state index is 0.0216. The van der Waals surface area contributed by atoms with Gasteiger partial charge in [0.05, 0.1) is 16.8 Å². The number of benzene rings is 2. The van der Waals surface area contributed by atoms with Gasteiger partial charge in [-0.3, -0.25) is 4.79 Å². The van der Waals surface area contributed by atoms with Crippen molar-refractivity contribution in [2.45, 2.75) is 46.5 Å². The van der Waals surface area contributed by atoms with Gasteiger partial charge in [-0.25, -0.2) is 23.4 Å². The Morgan fingerprint density at radius 2 is 2.00 bits per heavy atom. The molecule has 0 aliphatic rings. The fraction of sp³-hybridized carbons (Fsp3) is 0.280. The van der Waals surface area contributed by atoms with Gasteiger partial charge in [0, 0.05) is 16.6 Å². The van der Waals surface area contributed by atoms with Crippen LogP contribution in [0.1, 0.15) is 42.5 Å². The first-order valence-electron chi connectivity index (χ1n) is 11.0. The van der Waals surface area contributed by atoms with E-state index in [2.05, 4.69) is 20.4 Å². The maximum Gasteiger partial charge on any atom is 0.254 e. The van der Waals surface area contributed by atoms with E-state index in [1.165, 1.54) is 18.5 Å². The number of hydrogen-bond acceptors (Lipinski definition) is 5. The van der Waals surface area contributed by atoms with Gasteiger partial charge in [0.2, 0.25) is 0 Å². The number of fused-ring (bicyclic) bond motifs is 1. The number of rotatable bonds is 7. The molecular weight excluding hydrogens is 476 g/mol. The van der Waals surface area contributed by atoms with Crippen LogP contribution in [-0.2, 0) is 11.4 Å². The molecule has 0 bridgehead atoms. The average molecular weight is 500 g/mol. The summed E-state index contributed by atoms with van der Waals surface area (Å²) in [5.74, 6) is -0.150. The van der Waals surface area contributed by atoms with Crippen molar-refractivity contribution < 1.29 is 18.3 Å². The predicted molar refractivity (Wildman–Crippen MR) is 129 cm³/mol. The van der Waals surface area contributed by atoms with E-state index >= 15 is 0 Å². The van der Waals surface area contributed by atoms with E-state index in [0.717, 1.165) is 29.5 Å². The van der Waals surface area contributed by atoms with Crippen molar-refractivity contribution in [3.63, 3.8) is 0 Å². The first-order chi connectivity index (χ1) is 16.7. The number of aryl methyl sites for hydroxylation is 2. The number of carbonyl (C=O) groups excluding carboxylic acids is 1. The Bertz CT molecular complexity index is 1410. The van der Waals surface area contributed by atoms with Crippen molar-refractivity contribution in [1.29, 1.82) is 0 Å². The topological polar surface area (TPSA) is 81.9 Å². The number of pyridine rings is 1. The second-order valence-electron chi connectivity index (χ2n) is 8.24. The molecule has 2 aromatic heterocycles. The number of halogens is 3. The van der Waals surface area contributed by atoms with E-state index in [1.807, 2.05) is 32.0 Å². The minimum Gasteiger partial charge on any atom is -0.487 e. The maximum atomic E-state index is 14.2. The lowest BCUT2D eigenvalue weighted by Gasteiger charge is -2.20. The number of para-hydroxylation sites is 1. The lowest BCUT2D eigenvalue weighted by Crippen LogP contribution is -2.33. The van der Waals surface area contributed by atoms with Crippen LogP contribution in [0.4, 0.5) is 8.78 Å². The van der Waals surface area contributed by atoms with Gasteiger partial charge in [0.15, 0.2) is 6.17 Å². The standard InChI is InChI=1S/C25H24ClF2N5O2/c1-13-8-22(33-16(4)29-12-30-33)18-6-5-7-23(24(18)31-13)35-11-20-19(9-17(28)10-21(20)26)15(3)32-25(34)14(2)27/h5-10,12,14-15H,11H2,1-4H3,(H,32,34)/t14?,15-/m0/s1. The van der Waals surface area contributed by atoms with E-state index in [4.69, 9.17) is 16.3 Å². The zero-order valence-electron chi connectivity index (χ0n) is 19.6. The summed E-state index contributed by atoms with van der Waals surface area (Å²) in [6.45, 7) is 6.47. The van der Waals surface area contributed by atoms with Gasteiger partial charge in [-0.15, -0.1) is 0 Å². The number of ether oxygens (including phenoxy) is 1. The molecule has 0 saturated heterocycles. The molecule has 2 atom stereocenters. The SMILES string of the molecule is Cc1cc(-n2ncnc2C)c2cccc(OCc3c(Cl)cc(F)cc3[C@H](C)NC(=O)C(C)F)c2n1. The Labute approximate surface area is 206 Å². The minimum atomic E-state index is -1.70. The third-order valence-corrected chi connectivity index (χ3v) is 5.95. The summed E-state index contributed by atoms with van der Waals surface area (Å²) in [5.41, 5.74) is 3.06. The van der Waals surface area contributed by atoms with Crippen LogP contribution in [-0.4, -0.2) is 31.8 Å². The summed E-state index contributed by atoms with van der Waals surface area (Å²) in [5, 5.41) is 7.79. The van der Waals surface area contributed by atoms with Crippen LogP contribution in [0.25, 0.3) is 16.6 Å². The molecule has 0 aliphatic carbocycles. The second kappa shape index (κ2) is 9.95.